The van der Waals surface area contributed by atoms with Crippen molar-refractivity contribution in [2.45, 2.75) is 6.42 Å². The number of aldehydes is 1. The molecule has 0 aliphatic heterocycles. The van der Waals surface area contributed by atoms with Crippen molar-refractivity contribution in [3.63, 3.8) is 0 Å². The Morgan fingerprint density at radius 3 is 3.00 bits per heavy atom. The van der Waals surface area contributed by atoms with Gasteiger partial charge in [0.15, 0.2) is 0 Å². The standard InChI is InChI=1S/C11H10O3/c1-13-9-2-3-11-8(6-9)7-10(14-11)4-5-12/h2-3,5-7H,4H2,1H3. The molecule has 0 fully saturated rings. The van der Waals surface area contributed by atoms with Crippen LogP contribution >= 0.6 is 0 Å². The Balaban J connectivity index is 2.48. The fourth-order valence-corrected chi connectivity index (χ4v) is 1.39. The summed E-state index contributed by atoms with van der Waals surface area (Å²) in [6.45, 7) is 0. The molecule has 0 saturated carbocycles. The molecule has 2 rings (SSSR count). The molecule has 2 aromatic rings. The lowest BCUT2D eigenvalue weighted by Crippen LogP contribution is -1.80. The zero-order chi connectivity index (χ0) is 9.97. The molecule has 0 atom stereocenters. The van der Waals surface area contributed by atoms with Crippen LogP contribution in [0.5, 0.6) is 5.75 Å². The Morgan fingerprint density at radius 2 is 2.29 bits per heavy atom. The van der Waals surface area contributed by atoms with E-state index in [1.807, 2.05) is 24.3 Å². The molecule has 0 bridgehead atoms. The van der Waals surface area contributed by atoms with Crippen LogP contribution in [-0.4, -0.2) is 13.4 Å². The summed E-state index contributed by atoms with van der Waals surface area (Å²) < 4.78 is 10.5. The van der Waals surface area contributed by atoms with Crippen LogP contribution in [0.15, 0.2) is 28.7 Å². The Hall–Kier alpha value is -1.77. The van der Waals surface area contributed by atoms with Gasteiger partial charge in [-0.2, -0.15) is 0 Å². The lowest BCUT2D eigenvalue weighted by atomic mass is 10.2. The van der Waals surface area contributed by atoms with Gasteiger partial charge in [0.05, 0.1) is 13.5 Å². The van der Waals surface area contributed by atoms with E-state index in [2.05, 4.69) is 0 Å². The fourth-order valence-electron chi connectivity index (χ4n) is 1.39. The molecule has 0 saturated heterocycles. The van der Waals surface area contributed by atoms with Gasteiger partial charge in [0.1, 0.15) is 23.4 Å². The molecule has 14 heavy (non-hydrogen) atoms. The summed E-state index contributed by atoms with van der Waals surface area (Å²) in [5.41, 5.74) is 0.780. The number of carbonyl (C=O) groups is 1. The number of fused-ring (bicyclic) bond motifs is 1. The van der Waals surface area contributed by atoms with E-state index < -0.39 is 0 Å². The summed E-state index contributed by atoms with van der Waals surface area (Å²) in [6, 6.07) is 7.40. The van der Waals surface area contributed by atoms with Gasteiger partial charge in [-0.1, -0.05) is 0 Å². The second kappa shape index (κ2) is 3.54. The monoisotopic (exact) mass is 190 g/mol. The number of ether oxygens (including phenoxy) is 1. The van der Waals surface area contributed by atoms with Crippen molar-refractivity contribution in [3.8, 4) is 5.75 Å². The van der Waals surface area contributed by atoms with Crippen LogP contribution in [0, 0.1) is 0 Å². The third kappa shape index (κ3) is 1.48. The van der Waals surface area contributed by atoms with Crippen LogP contribution in [0.3, 0.4) is 0 Å². The molecular weight excluding hydrogens is 180 g/mol. The number of hydrogen-bond acceptors (Lipinski definition) is 3. The maximum absolute atomic E-state index is 10.3. The van der Waals surface area contributed by atoms with E-state index in [-0.39, 0.29) is 0 Å². The minimum Gasteiger partial charge on any atom is -0.497 e. The van der Waals surface area contributed by atoms with Crippen LogP contribution < -0.4 is 4.74 Å². The number of carbonyl (C=O) groups excluding carboxylic acids is 1. The normalized spacial score (nSPS) is 10.4. The van der Waals surface area contributed by atoms with Gasteiger partial charge in [-0.3, -0.25) is 0 Å². The average molecular weight is 190 g/mol. The van der Waals surface area contributed by atoms with Gasteiger partial charge >= 0.3 is 0 Å². The third-order valence-electron chi connectivity index (χ3n) is 2.06. The molecule has 72 valence electrons. The first-order valence-electron chi connectivity index (χ1n) is 4.33. The van der Waals surface area contributed by atoms with Gasteiger partial charge in [-0.15, -0.1) is 0 Å². The van der Waals surface area contributed by atoms with Crippen LogP contribution in [0.4, 0.5) is 0 Å². The third-order valence-corrected chi connectivity index (χ3v) is 2.06. The number of hydrogen-bond donors (Lipinski definition) is 0. The summed E-state index contributed by atoms with van der Waals surface area (Å²) in [5, 5.41) is 0.959. The molecule has 0 N–H and O–H groups in total. The van der Waals surface area contributed by atoms with Gasteiger partial charge in [0.25, 0.3) is 0 Å². The van der Waals surface area contributed by atoms with Crippen molar-refractivity contribution >= 4 is 17.3 Å². The lowest BCUT2D eigenvalue weighted by Gasteiger charge is -1.96. The first-order valence-corrected chi connectivity index (χ1v) is 4.33. The van der Waals surface area contributed by atoms with Crippen molar-refractivity contribution in [1.82, 2.24) is 0 Å². The molecule has 0 aliphatic rings. The first-order chi connectivity index (χ1) is 6.83. The lowest BCUT2D eigenvalue weighted by molar-refractivity contribution is -0.107. The van der Waals surface area contributed by atoms with E-state index in [1.54, 1.807) is 7.11 Å². The number of rotatable bonds is 3. The smallest absolute Gasteiger partial charge is 0.134 e. The van der Waals surface area contributed by atoms with Gasteiger partial charge in [-0.05, 0) is 24.3 Å². The highest BCUT2D eigenvalue weighted by Crippen LogP contribution is 2.23. The number of benzene rings is 1. The van der Waals surface area contributed by atoms with E-state index in [0.29, 0.717) is 12.2 Å². The van der Waals surface area contributed by atoms with Crippen molar-refractivity contribution in [2.24, 2.45) is 0 Å². The molecule has 0 aliphatic carbocycles. The molecule has 0 amide bonds. The quantitative estimate of drug-likeness (QED) is 0.696. The molecule has 0 spiro atoms. The zero-order valence-electron chi connectivity index (χ0n) is 7.82. The van der Waals surface area contributed by atoms with Gasteiger partial charge in [0, 0.05) is 5.39 Å². The van der Waals surface area contributed by atoms with Crippen LogP contribution in [0.1, 0.15) is 5.76 Å². The Kier molecular flexibility index (Phi) is 2.23. The minimum absolute atomic E-state index is 0.316. The van der Waals surface area contributed by atoms with Crippen molar-refractivity contribution in [2.75, 3.05) is 7.11 Å². The van der Waals surface area contributed by atoms with Crippen molar-refractivity contribution in [3.05, 3.63) is 30.0 Å². The predicted octanol–water partition coefficient (Wildman–Crippen LogP) is 2.18. The van der Waals surface area contributed by atoms with Crippen LogP contribution in [-0.2, 0) is 11.2 Å². The van der Waals surface area contributed by atoms with Crippen molar-refractivity contribution < 1.29 is 13.9 Å². The maximum atomic E-state index is 10.3. The van der Waals surface area contributed by atoms with E-state index in [1.165, 1.54) is 0 Å². The predicted molar refractivity (Wildman–Crippen MR) is 52.5 cm³/mol. The summed E-state index contributed by atoms with van der Waals surface area (Å²) >= 11 is 0. The topological polar surface area (TPSA) is 39.4 Å². The Labute approximate surface area is 81.3 Å². The van der Waals surface area contributed by atoms with Crippen LogP contribution in [0.25, 0.3) is 11.0 Å². The summed E-state index contributed by atoms with van der Waals surface area (Å²) in [4.78, 5) is 10.3. The van der Waals surface area contributed by atoms with E-state index in [4.69, 9.17) is 9.15 Å². The first kappa shape index (κ1) is 8.81. The minimum atomic E-state index is 0.316. The maximum Gasteiger partial charge on any atom is 0.134 e. The number of methoxy groups -OCH3 is 1. The molecule has 3 nitrogen and oxygen atoms in total. The molecule has 1 heterocycles. The average Bonchev–Trinajstić information content (AvgIpc) is 2.59. The zero-order valence-corrected chi connectivity index (χ0v) is 7.82. The molecular formula is C11H10O3. The highest BCUT2D eigenvalue weighted by molar-refractivity contribution is 5.80. The second-order valence-corrected chi connectivity index (χ2v) is 2.99. The van der Waals surface area contributed by atoms with Gasteiger partial charge < -0.3 is 13.9 Å². The number of furan rings is 1. The molecule has 3 heteroatoms. The summed E-state index contributed by atoms with van der Waals surface area (Å²) in [7, 11) is 1.62. The highest BCUT2D eigenvalue weighted by atomic mass is 16.5. The molecule has 1 aromatic heterocycles. The van der Waals surface area contributed by atoms with E-state index in [9.17, 15) is 4.79 Å². The van der Waals surface area contributed by atoms with E-state index >= 15 is 0 Å². The SMILES string of the molecule is COc1ccc2oc(CC=O)cc2c1. The van der Waals surface area contributed by atoms with Crippen molar-refractivity contribution in [1.29, 1.82) is 0 Å². The highest BCUT2D eigenvalue weighted by Gasteiger charge is 2.03. The van der Waals surface area contributed by atoms with Crippen LogP contribution in [0.2, 0.25) is 0 Å². The fraction of sp³-hybridized carbons (Fsp3) is 0.182. The molecule has 1 aromatic carbocycles. The Bertz CT molecular complexity index is 457. The molecule has 0 radical (unpaired) electrons. The van der Waals surface area contributed by atoms with E-state index in [0.717, 1.165) is 23.0 Å². The summed E-state index contributed by atoms with van der Waals surface area (Å²) in [6.07, 6.45) is 1.14. The second-order valence-electron chi connectivity index (χ2n) is 2.99. The van der Waals surface area contributed by atoms with Gasteiger partial charge in [-0.25, -0.2) is 0 Å². The molecule has 0 unspecified atom stereocenters. The summed E-state index contributed by atoms with van der Waals surface area (Å²) in [5.74, 6) is 1.47. The van der Waals surface area contributed by atoms with Gasteiger partial charge in [0.2, 0.25) is 0 Å². The largest absolute Gasteiger partial charge is 0.497 e. The Morgan fingerprint density at radius 1 is 1.43 bits per heavy atom.